The summed E-state index contributed by atoms with van der Waals surface area (Å²) in [5.74, 6) is 1.05. The Morgan fingerprint density at radius 1 is 0.818 bits per heavy atom. The maximum atomic E-state index is 13.7. The minimum Gasteiger partial charge on any atom is -0.496 e. The molecular weight excluding hydrogens is 424 g/mol. The summed E-state index contributed by atoms with van der Waals surface area (Å²) in [6, 6.07) is 19.2. The van der Waals surface area contributed by atoms with Crippen molar-refractivity contribution >= 4 is 28.8 Å². The number of imide groups is 1. The number of methoxy groups -OCH3 is 2. The van der Waals surface area contributed by atoms with Crippen LogP contribution in [0.25, 0.3) is 5.57 Å². The predicted octanol–water partition coefficient (Wildman–Crippen LogP) is 3.83. The van der Waals surface area contributed by atoms with Crippen molar-refractivity contribution in [3.8, 4) is 23.0 Å². The van der Waals surface area contributed by atoms with Crippen LogP contribution in [-0.2, 0) is 9.59 Å². The van der Waals surface area contributed by atoms with Gasteiger partial charge in [-0.15, -0.1) is 0 Å². The molecule has 3 aromatic carbocycles. The van der Waals surface area contributed by atoms with Crippen molar-refractivity contribution in [2.24, 2.45) is 0 Å². The molecule has 8 heteroatoms. The zero-order valence-electron chi connectivity index (χ0n) is 18.0. The molecule has 33 heavy (non-hydrogen) atoms. The molecule has 2 aliphatic rings. The van der Waals surface area contributed by atoms with E-state index in [1.165, 1.54) is 14.2 Å². The third-order valence-corrected chi connectivity index (χ3v) is 5.43. The van der Waals surface area contributed by atoms with Crippen molar-refractivity contribution in [1.82, 2.24) is 0 Å². The number of hydrogen-bond acceptors (Lipinski definition) is 7. The normalized spacial score (nSPS) is 14.7. The Balaban J connectivity index is 1.64. The van der Waals surface area contributed by atoms with Crippen LogP contribution in [0.15, 0.2) is 72.4 Å². The monoisotopic (exact) mass is 444 g/mol. The highest BCUT2D eigenvalue weighted by molar-refractivity contribution is 6.46. The number of amides is 2. The van der Waals surface area contributed by atoms with Crippen molar-refractivity contribution < 1.29 is 28.5 Å². The van der Waals surface area contributed by atoms with E-state index in [1.807, 2.05) is 0 Å². The largest absolute Gasteiger partial charge is 0.496 e. The van der Waals surface area contributed by atoms with Gasteiger partial charge in [0.25, 0.3) is 11.8 Å². The molecule has 3 aromatic rings. The zero-order chi connectivity index (χ0) is 22.9. The van der Waals surface area contributed by atoms with Gasteiger partial charge in [-0.25, -0.2) is 4.90 Å². The van der Waals surface area contributed by atoms with Crippen molar-refractivity contribution in [2.75, 3.05) is 31.2 Å². The molecule has 0 saturated carbocycles. The first-order chi connectivity index (χ1) is 16.1. The molecule has 2 heterocycles. The summed E-state index contributed by atoms with van der Waals surface area (Å²) in [6.45, 7) is 0.132. The molecule has 1 N–H and O–H groups in total. The Labute approximate surface area is 189 Å². The minimum atomic E-state index is -0.511. The van der Waals surface area contributed by atoms with Crippen LogP contribution in [0.4, 0.5) is 11.4 Å². The second-order valence-corrected chi connectivity index (χ2v) is 7.26. The Morgan fingerprint density at radius 2 is 1.52 bits per heavy atom. The fourth-order valence-corrected chi connectivity index (χ4v) is 3.90. The van der Waals surface area contributed by atoms with Gasteiger partial charge in [0.05, 0.1) is 25.5 Å². The standard InChI is InChI=1S/C25H20N2O6/c1-30-18-9-5-3-7-16(18)22-23(26-15-11-12-20-21(13-15)33-14-32-20)25(29)27(24(22)28)17-8-4-6-10-19(17)31-2/h3-13,26H,14H2,1-2H3. The van der Waals surface area contributed by atoms with Gasteiger partial charge in [-0.2, -0.15) is 0 Å². The molecule has 0 spiro atoms. The molecule has 166 valence electrons. The lowest BCUT2D eigenvalue weighted by molar-refractivity contribution is -0.120. The fourth-order valence-electron chi connectivity index (χ4n) is 3.90. The van der Waals surface area contributed by atoms with Gasteiger partial charge in [0.1, 0.15) is 17.2 Å². The number of carbonyl (C=O) groups excluding carboxylic acids is 2. The molecular formula is C25H20N2O6. The average molecular weight is 444 g/mol. The number of hydrogen-bond donors (Lipinski definition) is 1. The highest BCUT2D eigenvalue weighted by Crippen LogP contribution is 2.41. The average Bonchev–Trinajstić information content (AvgIpc) is 3.41. The molecule has 0 radical (unpaired) electrons. The van der Waals surface area contributed by atoms with Crippen molar-refractivity contribution in [3.63, 3.8) is 0 Å². The van der Waals surface area contributed by atoms with Crippen LogP contribution in [-0.4, -0.2) is 32.8 Å². The molecule has 5 rings (SSSR count). The van der Waals surface area contributed by atoms with Crippen LogP contribution in [0, 0.1) is 0 Å². The van der Waals surface area contributed by atoms with E-state index < -0.39 is 11.8 Å². The van der Waals surface area contributed by atoms with Crippen LogP contribution in [0.5, 0.6) is 23.0 Å². The van der Waals surface area contributed by atoms with Gasteiger partial charge in [-0.3, -0.25) is 9.59 Å². The lowest BCUT2D eigenvalue weighted by Crippen LogP contribution is -2.32. The summed E-state index contributed by atoms with van der Waals surface area (Å²) < 4.78 is 21.7. The highest BCUT2D eigenvalue weighted by atomic mass is 16.7. The number of nitrogens with one attached hydrogen (secondary N) is 1. The van der Waals surface area contributed by atoms with Gasteiger partial charge < -0.3 is 24.3 Å². The quantitative estimate of drug-likeness (QED) is 0.579. The summed E-state index contributed by atoms with van der Waals surface area (Å²) in [4.78, 5) is 28.4. The van der Waals surface area contributed by atoms with Crippen LogP contribution >= 0.6 is 0 Å². The van der Waals surface area contributed by atoms with Crippen LogP contribution < -0.4 is 29.2 Å². The topological polar surface area (TPSA) is 86.3 Å². The van der Waals surface area contributed by atoms with Crippen LogP contribution in [0.2, 0.25) is 0 Å². The molecule has 0 atom stereocenters. The van der Waals surface area contributed by atoms with Crippen LogP contribution in [0.3, 0.4) is 0 Å². The van der Waals surface area contributed by atoms with Gasteiger partial charge >= 0.3 is 0 Å². The fraction of sp³-hybridized carbons (Fsp3) is 0.120. The summed E-state index contributed by atoms with van der Waals surface area (Å²) in [5, 5.41) is 3.12. The second-order valence-electron chi connectivity index (χ2n) is 7.26. The Hall–Kier alpha value is -4.46. The van der Waals surface area contributed by atoms with E-state index in [0.717, 1.165) is 4.90 Å². The first kappa shape index (κ1) is 20.4. The molecule has 0 saturated heterocycles. The maximum absolute atomic E-state index is 13.7. The smallest absolute Gasteiger partial charge is 0.282 e. The first-order valence-corrected chi connectivity index (χ1v) is 10.2. The molecule has 0 aliphatic carbocycles. The van der Waals surface area contributed by atoms with Crippen LogP contribution in [0.1, 0.15) is 5.56 Å². The Bertz CT molecular complexity index is 1300. The molecule has 0 unspecified atom stereocenters. The summed E-state index contributed by atoms with van der Waals surface area (Å²) in [5.41, 5.74) is 1.74. The Kier molecular flexibility index (Phi) is 5.10. The summed E-state index contributed by atoms with van der Waals surface area (Å²) in [6.07, 6.45) is 0. The van der Waals surface area contributed by atoms with E-state index in [9.17, 15) is 9.59 Å². The lowest BCUT2D eigenvalue weighted by Gasteiger charge is -2.18. The van der Waals surface area contributed by atoms with Gasteiger partial charge in [-0.05, 0) is 30.3 Å². The number of carbonyl (C=O) groups is 2. The predicted molar refractivity (Wildman–Crippen MR) is 122 cm³/mol. The van der Waals surface area contributed by atoms with Crippen molar-refractivity contribution in [2.45, 2.75) is 0 Å². The van der Waals surface area contributed by atoms with E-state index in [1.54, 1.807) is 66.7 Å². The number of para-hydroxylation sites is 3. The van der Waals surface area contributed by atoms with Gasteiger partial charge in [0, 0.05) is 17.3 Å². The van der Waals surface area contributed by atoms with E-state index in [4.69, 9.17) is 18.9 Å². The number of nitrogens with zero attached hydrogens (tertiary/aromatic N) is 1. The second kappa shape index (κ2) is 8.23. The number of benzene rings is 3. The SMILES string of the molecule is COc1ccccc1C1=C(Nc2ccc3c(c2)OCO3)C(=O)N(c2ccccc2OC)C1=O. The zero-order valence-corrected chi connectivity index (χ0v) is 18.0. The van der Waals surface area contributed by atoms with Gasteiger partial charge in [0.15, 0.2) is 11.5 Å². The van der Waals surface area contributed by atoms with E-state index in [0.29, 0.717) is 39.9 Å². The third-order valence-electron chi connectivity index (χ3n) is 5.43. The molecule has 8 nitrogen and oxygen atoms in total. The number of fused-ring (bicyclic) bond motifs is 1. The molecule has 2 amide bonds. The maximum Gasteiger partial charge on any atom is 0.282 e. The van der Waals surface area contributed by atoms with Crippen molar-refractivity contribution in [1.29, 1.82) is 0 Å². The van der Waals surface area contributed by atoms with Crippen molar-refractivity contribution in [3.05, 3.63) is 78.0 Å². The molecule has 0 fully saturated rings. The summed E-state index contributed by atoms with van der Waals surface area (Å²) in [7, 11) is 3.01. The lowest BCUT2D eigenvalue weighted by atomic mass is 10.0. The number of rotatable bonds is 6. The number of anilines is 2. The van der Waals surface area contributed by atoms with E-state index >= 15 is 0 Å². The number of ether oxygens (including phenoxy) is 4. The third kappa shape index (κ3) is 3.41. The van der Waals surface area contributed by atoms with Gasteiger partial charge in [0.2, 0.25) is 6.79 Å². The summed E-state index contributed by atoms with van der Waals surface area (Å²) >= 11 is 0. The van der Waals surface area contributed by atoms with E-state index in [2.05, 4.69) is 5.32 Å². The molecule has 0 bridgehead atoms. The Morgan fingerprint density at radius 3 is 2.30 bits per heavy atom. The first-order valence-electron chi connectivity index (χ1n) is 10.2. The molecule has 0 aromatic heterocycles. The molecule has 2 aliphatic heterocycles. The highest BCUT2D eigenvalue weighted by Gasteiger charge is 2.42. The van der Waals surface area contributed by atoms with Gasteiger partial charge in [-0.1, -0.05) is 30.3 Å². The minimum absolute atomic E-state index is 0.120. The van der Waals surface area contributed by atoms with E-state index in [-0.39, 0.29) is 18.1 Å².